The Labute approximate surface area is 125 Å². The van der Waals surface area contributed by atoms with Crippen molar-refractivity contribution < 1.29 is 14.3 Å². The van der Waals surface area contributed by atoms with Crippen molar-refractivity contribution in [2.45, 2.75) is 26.5 Å². The van der Waals surface area contributed by atoms with E-state index in [1.54, 1.807) is 0 Å². The van der Waals surface area contributed by atoms with Crippen molar-refractivity contribution in [3.63, 3.8) is 0 Å². The molecule has 21 heavy (non-hydrogen) atoms. The minimum atomic E-state index is -0.353. The van der Waals surface area contributed by atoms with Gasteiger partial charge < -0.3 is 14.8 Å². The zero-order valence-corrected chi connectivity index (χ0v) is 12.7. The molecule has 0 atom stereocenters. The monoisotopic (exact) mass is 287 g/mol. The maximum Gasteiger partial charge on any atom is 0.344 e. The quantitative estimate of drug-likeness (QED) is 0.830. The maximum atomic E-state index is 11.6. The molecule has 2 aromatic rings. The standard InChI is InChI=1S/C17H21NO3/c1-12(2)21-17(19)11-20-16-9-8-13-6-4-5-7-14(13)15(16)10-18-3/h4-9,12,18H,10-11H2,1-3H3. The topological polar surface area (TPSA) is 47.6 Å². The van der Waals surface area contributed by atoms with E-state index in [0.29, 0.717) is 12.3 Å². The number of esters is 1. The van der Waals surface area contributed by atoms with Crippen LogP contribution < -0.4 is 10.1 Å². The Bertz CT molecular complexity index is 622. The summed E-state index contributed by atoms with van der Waals surface area (Å²) in [5.41, 5.74) is 1.05. The predicted octanol–water partition coefficient (Wildman–Crippen LogP) is 2.89. The Hall–Kier alpha value is -2.07. The van der Waals surface area contributed by atoms with E-state index in [2.05, 4.69) is 17.4 Å². The molecule has 0 heterocycles. The largest absolute Gasteiger partial charge is 0.482 e. The van der Waals surface area contributed by atoms with Crippen molar-refractivity contribution in [3.05, 3.63) is 42.0 Å². The summed E-state index contributed by atoms with van der Waals surface area (Å²) in [5.74, 6) is 0.359. The molecular weight excluding hydrogens is 266 g/mol. The van der Waals surface area contributed by atoms with Gasteiger partial charge >= 0.3 is 5.97 Å². The molecule has 0 saturated heterocycles. The first-order valence-electron chi connectivity index (χ1n) is 7.09. The van der Waals surface area contributed by atoms with E-state index in [1.165, 1.54) is 0 Å². The summed E-state index contributed by atoms with van der Waals surface area (Å²) in [6.07, 6.45) is -0.130. The van der Waals surface area contributed by atoms with Gasteiger partial charge in [-0.2, -0.15) is 0 Å². The lowest BCUT2D eigenvalue weighted by molar-refractivity contribution is -0.149. The Morgan fingerprint density at radius 1 is 1.19 bits per heavy atom. The van der Waals surface area contributed by atoms with Gasteiger partial charge in [0.1, 0.15) is 5.75 Å². The van der Waals surface area contributed by atoms with Crippen LogP contribution in [-0.4, -0.2) is 25.7 Å². The van der Waals surface area contributed by atoms with Crippen molar-refractivity contribution >= 4 is 16.7 Å². The number of nitrogens with one attached hydrogen (secondary N) is 1. The molecule has 0 bridgehead atoms. The van der Waals surface area contributed by atoms with Crippen LogP contribution in [0.5, 0.6) is 5.75 Å². The second-order valence-corrected chi connectivity index (χ2v) is 5.12. The number of ether oxygens (including phenoxy) is 2. The molecule has 0 aliphatic heterocycles. The van der Waals surface area contributed by atoms with Crippen LogP contribution in [-0.2, 0) is 16.1 Å². The van der Waals surface area contributed by atoms with Crippen LogP contribution in [0.4, 0.5) is 0 Å². The van der Waals surface area contributed by atoms with Gasteiger partial charge in [-0.3, -0.25) is 0 Å². The second-order valence-electron chi connectivity index (χ2n) is 5.12. The molecule has 1 N–H and O–H groups in total. The molecule has 0 saturated carbocycles. The van der Waals surface area contributed by atoms with Gasteiger partial charge in [0.05, 0.1) is 6.10 Å². The third kappa shape index (κ3) is 3.95. The average molecular weight is 287 g/mol. The summed E-state index contributed by atoms with van der Waals surface area (Å²) in [7, 11) is 1.89. The fourth-order valence-corrected chi connectivity index (χ4v) is 2.24. The molecule has 4 heteroatoms. The third-order valence-corrected chi connectivity index (χ3v) is 3.06. The summed E-state index contributed by atoms with van der Waals surface area (Å²) in [4.78, 5) is 11.6. The van der Waals surface area contributed by atoms with Crippen molar-refractivity contribution in [1.82, 2.24) is 5.32 Å². The van der Waals surface area contributed by atoms with Crippen LogP contribution in [0.15, 0.2) is 36.4 Å². The first kappa shape index (κ1) is 15.3. The number of fused-ring (bicyclic) bond motifs is 1. The highest BCUT2D eigenvalue weighted by Gasteiger charge is 2.11. The Balaban J connectivity index is 2.22. The minimum absolute atomic E-state index is 0.0762. The summed E-state index contributed by atoms with van der Waals surface area (Å²) >= 11 is 0. The first-order valence-corrected chi connectivity index (χ1v) is 7.09. The molecule has 0 amide bonds. The Kier molecular flexibility index (Phi) is 5.17. The maximum absolute atomic E-state index is 11.6. The van der Waals surface area contributed by atoms with Gasteiger partial charge in [0.25, 0.3) is 0 Å². The third-order valence-electron chi connectivity index (χ3n) is 3.06. The number of carbonyl (C=O) groups is 1. The van der Waals surface area contributed by atoms with Crippen LogP contribution in [0.3, 0.4) is 0 Å². The first-order chi connectivity index (χ1) is 10.1. The van der Waals surface area contributed by atoms with E-state index < -0.39 is 0 Å². The molecule has 0 fully saturated rings. The van der Waals surface area contributed by atoms with Gasteiger partial charge in [-0.1, -0.05) is 30.3 Å². The lowest BCUT2D eigenvalue weighted by Crippen LogP contribution is -2.19. The van der Waals surface area contributed by atoms with Crippen LogP contribution in [0.25, 0.3) is 10.8 Å². The number of carbonyl (C=O) groups excluding carboxylic acids is 1. The fourth-order valence-electron chi connectivity index (χ4n) is 2.24. The zero-order chi connectivity index (χ0) is 15.2. The molecule has 0 aromatic heterocycles. The van der Waals surface area contributed by atoms with Crippen molar-refractivity contribution in [3.8, 4) is 5.75 Å². The summed E-state index contributed by atoms with van der Waals surface area (Å²) in [6, 6.07) is 12.0. The lowest BCUT2D eigenvalue weighted by atomic mass is 10.0. The van der Waals surface area contributed by atoms with E-state index in [4.69, 9.17) is 9.47 Å². The van der Waals surface area contributed by atoms with Crippen molar-refractivity contribution in [2.24, 2.45) is 0 Å². The molecule has 112 valence electrons. The highest BCUT2D eigenvalue weighted by molar-refractivity contribution is 5.87. The van der Waals surface area contributed by atoms with Gasteiger partial charge in [0, 0.05) is 12.1 Å². The predicted molar refractivity (Wildman–Crippen MR) is 83.4 cm³/mol. The van der Waals surface area contributed by atoms with E-state index in [-0.39, 0.29) is 18.7 Å². The molecule has 0 aliphatic rings. The molecule has 2 aromatic carbocycles. The number of benzene rings is 2. The normalized spacial score (nSPS) is 10.9. The molecule has 0 radical (unpaired) electrons. The molecule has 2 rings (SSSR count). The molecule has 4 nitrogen and oxygen atoms in total. The summed E-state index contributed by atoms with van der Waals surface area (Å²) < 4.78 is 10.7. The van der Waals surface area contributed by atoms with Gasteiger partial charge in [0.15, 0.2) is 6.61 Å². The van der Waals surface area contributed by atoms with Crippen molar-refractivity contribution in [1.29, 1.82) is 0 Å². The Morgan fingerprint density at radius 2 is 1.95 bits per heavy atom. The highest BCUT2D eigenvalue weighted by Crippen LogP contribution is 2.28. The lowest BCUT2D eigenvalue weighted by Gasteiger charge is -2.14. The smallest absolute Gasteiger partial charge is 0.344 e. The molecule has 0 spiro atoms. The van der Waals surface area contributed by atoms with Gasteiger partial charge in [-0.25, -0.2) is 4.79 Å². The van der Waals surface area contributed by atoms with Gasteiger partial charge in [0.2, 0.25) is 0 Å². The van der Waals surface area contributed by atoms with Gasteiger partial charge in [-0.15, -0.1) is 0 Å². The van der Waals surface area contributed by atoms with Crippen LogP contribution in [0.2, 0.25) is 0 Å². The van der Waals surface area contributed by atoms with E-state index in [0.717, 1.165) is 16.3 Å². The molecular formula is C17H21NO3. The van der Waals surface area contributed by atoms with Crippen LogP contribution in [0.1, 0.15) is 19.4 Å². The Morgan fingerprint density at radius 3 is 2.67 bits per heavy atom. The summed E-state index contributed by atoms with van der Waals surface area (Å²) in [5, 5.41) is 5.42. The van der Waals surface area contributed by atoms with E-state index in [9.17, 15) is 4.79 Å². The molecule has 0 unspecified atom stereocenters. The summed E-state index contributed by atoms with van der Waals surface area (Å²) in [6.45, 7) is 4.24. The second kappa shape index (κ2) is 7.09. The van der Waals surface area contributed by atoms with Gasteiger partial charge in [-0.05, 0) is 37.7 Å². The fraction of sp³-hybridized carbons (Fsp3) is 0.353. The van der Waals surface area contributed by atoms with E-state index in [1.807, 2.05) is 45.2 Å². The molecule has 0 aliphatic carbocycles. The average Bonchev–Trinajstić information content (AvgIpc) is 2.46. The van der Waals surface area contributed by atoms with Crippen molar-refractivity contribution in [2.75, 3.05) is 13.7 Å². The van der Waals surface area contributed by atoms with Crippen LogP contribution in [0, 0.1) is 0 Å². The SMILES string of the molecule is CNCc1c(OCC(=O)OC(C)C)ccc2ccccc12. The van der Waals surface area contributed by atoms with E-state index >= 15 is 0 Å². The highest BCUT2D eigenvalue weighted by atomic mass is 16.6. The zero-order valence-electron chi connectivity index (χ0n) is 12.7. The minimum Gasteiger partial charge on any atom is -0.482 e. The number of hydrogen-bond acceptors (Lipinski definition) is 4. The number of rotatable bonds is 6. The number of hydrogen-bond donors (Lipinski definition) is 1. The van der Waals surface area contributed by atoms with Crippen LogP contribution >= 0.6 is 0 Å².